The lowest BCUT2D eigenvalue weighted by Crippen LogP contribution is -2.39. The Kier molecular flexibility index (Phi) is 5.79. The first-order valence-electron chi connectivity index (χ1n) is 5.95. The van der Waals surface area contributed by atoms with Crippen molar-refractivity contribution >= 4 is 11.1 Å². The first-order valence-corrected chi connectivity index (χ1v) is 7.12. The number of rotatable bonds is 5. The third-order valence-corrected chi connectivity index (χ3v) is 4.10. The zero-order valence-electron chi connectivity index (χ0n) is 9.82. The Balaban J connectivity index is 2.22. The van der Waals surface area contributed by atoms with Gasteiger partial charge in [0.1, 0.15) is 0 Å². The smallest absolute Gasteiger partial charge is 0.157 e. The summed E-state index contributed by atoms with van der Waals surface area (Å²) in [5.74, 6) is 0.890. The van der Waals surface area contributed by atoms with Gasteiger partial charge in [-0.25, -0.2) is 4.21 Å². The Morgan fingerprint density at radius 3 is 2.53 bits per heavy atom. The summed E-state index contributed by atoms with van der Waals surface area (Å²) in [7, 11) is 0. The molecule has 0 saturated carbocycles. The fourth-order valence-corrected chi connectivity index (χ4v) is 2.63. The largest absolute Gasteiger partial charge is 0.306 e. The number of piperidine rings is 1. The highest BCUT2D eigenvalue weighted by atomic mass is 32.2. The Hall–Kier alpha value is 0.0700. The molecule has 0 aromatic carbocycles. The molecule has 1 heterocycles. The lowest BCUT2D eigenvalue weighted by molar-refractivity contribution is 0.179. The van der Waals surface area contributed by atoms with E-state index in [1.807, 2.05) is 6.92 Å². The third kappa shape index (κ3) is 4.62. The van der Waals surface area contributed by atoms with Gasteiger partial charge in [0.25, 0.3) is 0 Å². The van der Waals surface area contributed by atoms with Crippen molar-refractivity contribution in [3.05, 3.63) is 0 Å². The fraction of sp³-hybridized carbons (Fsp3) is 1.00. The van der Waals surface area contributed by atoms with Gasteiger partial charge >= 0.3 is 0 Å². The molecule has 1 aliphatic rings. The summed E-state index contributed by atoms with van der Waals surface area (Å²) in [4.78, 5) is 2.32. The van der Waals surface area contributed by atoms with Gasteiger partial charge in [-0.2, -0.15) is 0 Å². The lowest BCUT2D eigenvalue weighted by Gasteiger charge is -2.32. The second-order valence-electron chi connectivity index (χ2n) is 4.62. The van der Waals surface area contributed by atoms with E-state index in [1.54, 1.807) is 0 Å². The first-order chi connectivity index (χ1) is 7.13. The van der Waals surface area contributed by atoms with Crippen LogP contribution in [0.5, 0.6) is 0 Å². The van der Waals surface area contributed by atoms with Crippen LogP contribution in [-0.4, -0.2) is 38.5 Å². The molecule has 0 aromatic heterocycles. The molecule has 90 valence electrons. The summed E-state index contributed by atoms with van der Waals surface area (Å²) in [6.07, 6.45) is 5.15. The standard InChI is InChI=1S/C11H23NO2S/c1-3-4-11-5-7-12(8-6-11)9-10(2)15(13)14/h10-11H,3-9H2,1-2H3,(H,13,14). The molecule has 4 heteroatoms. The number of nitrogens with zero attached hydrogens (tertiary/aromatic N) is 1. The number of likely N-dealkylation sites (tertiary alicyclic amines) is 1. The Labute approximate surface area is 95.5 Å². The maximum Gasteiger partial charge on any atom is 0.157 e. The predicted molar refractivity (Wildman–Crippen MR) is 64.3 cm³/mol. The van der Waals surface area contributed by atoms with Crippen molar-refractivity contribution in [1.82, 2.24) is 4.90 Å². The zero-order valence-corrected chi connectivity index (χ0v) is 10.6. The molecule has 0 amide bonds. The van der Waals surface area contributed by atoms with Gasteiger partial charge in [-0.15, -0.1) is 0 Å². The summed E-state index contributed by atoms with van der Waals surface area (Å²) in [5, 5.41) is -0.118. The molecule has 0 bridgehead atoms. The Morgan fingerprint density at radius 1 is 1.47 bits per heavy atom. The molecule has 1 rings (SSSR count). The van der Waals surface area contributed by atoms with Gasteiger partial charge in [-0.3, -0.25) is 0 Å². The molecule has 0 spiro atoms. The first kappa shape index (κ1) is 13.1. The Morgan fingerprint density at radius 2 is 2.07 bits per heavy atom. The predicted octanol–water partition coefficient (Wildman–Crippen LogP) is 2.11. The van der Waals surface area contributed by atoms with Crippen LogP contribution in [0.15, 0.2) is 0 Å². The highest BCUT2D eigenvalue weighted by molar-refractivity contribution is 7.79. The van der Waals surface area contributed by atoms with Gasteiger partial charge in [-0.05, 0) is 38.8 Å². The van der Waals surface area contributed by atoms with Gasteiger partial charge in [-0.1, -0.05) is 19.8 Å². The van der Waals surface area contributed by atoms with E-state index >= 15 is 0 Å². The average Bonchev–Trinajstić information content (AvgIpc) is 2.21. The zero-order chi connectivity index (χ0) is 11.3. The maximum atomic E-state index is 10.8. The normalized spacial score (nSPS) is 23.9. The summed E-state index contributed by atoms with van der Waals surface area (Å²) in [5.41, 5.74) is 0. The van der Waals surface area contributed by atoms with E-state index in [0.717, 1.165) is 25.6 Å². The summed E-state index contributed by atoms with van der Waals surface area (Å²) in [6.45, 7) is 7.05. The van der Waals surface area contributed by atoms with Gasteiger partial charge < -0.3 is 9.45 Å². The van der Waals surface area contributed by atoms with Crippen molar-refractivity contribution in [3.8, 4) is 0 Å². The van der Waals surface area contributed by atoms with Crippen molar-refractivity contribution in [3.63, 3.8) is 0 Å². The van der Waals surface area contributed by atoms with E-state index in [0.29, 0.717) is 0 Å². The van der Waals surface area contributed by atoms with E-state index in [1.165, 1.54) is 25.7 Å². The molecule has 15 heavy (non-hydrogen) atoms. The molecule has 0 radical (unpaired) electrons. The molecule has 1 aliphatic heterocycles. The minimum Gasteiger partial charge on any atom is -0.306 e. The number of hydrogen-bond acceptors (Lipinski definition) is 2. The lowest BCUT2D eigenvalue weighted by atomic mass is 9.92. The molecule has 1 fully saturated rings. The average molecular weight is 233 g/mol. The molecule has 0 aromatic rings. The van der Waals surface area contributed by atoms with E-state index in [-0.39, 0.29) is 5.25 Å². The SMILES string of the molecule is CCCC1CCN(CC(C)S(=O)O)CC1. The van der Waals surface area contributed by atoms with Gasteiger partial charge in [0.15, 0.2) is 11.1 Å². The molecule has 2 unspecified atom stereocenters. The topological polar surface area (TPSA) is 40.5 Å². The summed E-state index contributed by atoms with van der Waals surface area (Å²) >= 11 is -1.67. The third-order valence-electron chi connectivity index (χ3n) is 3.26. The van der Waals surface area contributed by atoms with Crippen LogP contribution in [0, 0.1) is 5.92 Å². The molecular formula is C11H23NO2S. The molecule has 1 saturated heterocycles. The van der Waals surface area contributed by atoms with Crippen molar-refractivity contribution < 1.29 is 8.76 Å². The molecule has 2 atom stereocenters. The van der Waals surface area contributed by atoms with Crippen LogP contribution in [0.3, 0.4) is 0 Å². The van der Waals surface area contributed by atoms with Crippen LogP contribution in [-0.2, 0) is 11.1 Å². The number of hydrogen-bond donors (Lipinski definition) is 1. The summed E-state index contributed by atoms with van der Waals surface area (Å²) < 4.78 is 19.8. The minimum absolute atomic E-state index is 0.118. The minimum atomic E-state index is -1.67. The van der Waals surface area contributed by atoms with Crippen molar-refractivity contribution in [1.29, 1.82) is 0 Å². The van der Waals surface area contributed by atoms with Crippen LogP contribution in [0.1, 0.15) is 39.5 Å². The highest BCUT2D eigenvalue weighted by Gasteiger charge is 2.21. The van der Waals surface area contributed by atoms with Crippen molar-refractivity contribution in [2.75, 3.05) is 19.6 Å². The van der Waals surface area contributed by atoms with E-state index in [2.05, 4.69) is 11.8 Å². The van der Waals surface area contributed by atoms with E-state index < -0.39 is 11.1 Å². The van der Waals surface area contributed by atoms with Crippen LogP contribution in [0.25, 0.3) is 0 Å². The van der Waals surface area contributed by atoms with E-state index in [4.69, 9.17) is 4.55 Å². The van der Waals surface area contributed by atoms with Gasteiger partial charge in [0.05, 0.1) is 5.25 Å². The highest BCUT2D eigenvalue weighted by Crippen LogP contribution is 2.21. The van der Waals surface area contributed by atoms with Crippen molar-refractivity contribution in [2.45, 2.75) is 44.8 Å². The van der Waals surface area contributed by atoms with Crippen LogP contribution in [0.4, 0.5) is 0 Å². The maximum absolute atomic E-state index is 10.8. The van der Waals surface area contributed by atoms with Crippen LogP contribution in [0.2, 0.25) is 0 Å². The van der Waals surface area contributed by atoms with Crippen LogP contribution >= 0.6 is 0 Å². The van der Waals surface area contributed by atoms with E-state index in [9.17, 15) is 4.21 Å². The fourth-order valence-electron chi connectivity index (χ4n) is 2.29. The molecule has 3 nitrogen and oxygen atoms in total. The second-order valence-corrected chi connectivity index (χ2v) is 5.98. The van der Waals surface area contributed by atoms with Crippen molar-refractivity contribution in [2.24, 2.45) is 5.92 Å². The Bertz CT molecular complexity index is 203. The second kappa shape index (κ2) is 6.61. The summed E-state index contributed by atoms with van der Waals surface area (Å²) in [6, 6.07) is 0. The molecule has 1 N–H and O–H groups in total. The quantitative estimate of drug-likeness (QED) is 0.739. The molecular weight excluding hydrogens is 210 g/mol. The van der Waals surface area contributed by atoms with Gasteiger partial charge in [0, 0.05) is 6.54 Å². The monoisotopic (exact) mass is 233 g/mol. The van der Waals surface area contributed by atoms with Gasteiger partial charge in [0.2, 0.25) is 0 Å². The van der Waals surface area contributed by atoms with Crippen LogP contribution < -0.4 is 0 Å². The molecule has 0 aliphatic carbocycles.